The molecule has 5 nitrogen and oxygen atoms in total. The Kier molecular flexibility index (Phi) is 3.95. The predicted molar refractivity (Wildman–Crippen MR) is 95.6 cm³/mol. The van der Waals surface area contributed by atoms with Crippen molar-refractivity contribution in [1.82, 2.24) is 15.2 Å². The first kappa shape index (κ1) is 15.2. The number of para-hydroxylation sites is 1. The van der Waals surface area contributed by atoms with Crippen molar-refractivity contribution < 1.29 is 9.21 Å². The summed E-state index contributed by atoms with van der Waals surface area (Å²) in [6, 6.07) is 11.6. The number of aromatic nitrogens is 3. The van der Waals surface area contributed by atoms with E-state index in [1.165, 1.54) is 23.1 Å². The second-order valence-electron chi connectivity index (χ2n) is 5.22. The molecule has 0 amide bonds. The highest BCUT2D eigenvalue weighted by atomic mass is 32.2. The number of nitrogens with zero attached hydrogens (tertiary/aromatic N) is 2. The van der Waals surface area contributed by atoms with Gasteiger partial charge in [0.05, 0.1) is 10.1 Å². The summed E-state index contributed by atoms with van der Waals surface area (Å²) in [7, 11) is 0. The number of carbonyl (C=O) groups is 1. The number of aromatic amines is 1. The molecule has 0 fully saturated rings. The Morgan fingerprint density at radius 2 is 2.12 bits per heavy atom. The topological polar surface area (TPSA) is 71.8 Å². The summed E-state index contributed by atoms with van der Waals surface area (Å²) >= 11 is 2.81. The third-order valence-corrected chi connectivity index (χ3v) is 5.43. The van der Waals surface area contributed by atoms with E-state index in [9.17, 15) is 4.79 Å². The fraction of sp³-hybridized carbons (Fsp3) is 0.118. The number of Topliss-reactive ketones (excluding diaryl/α,β-unsaturated/α-hetero) is 1. The fourth-order valence-corrected chi connectivity index (χ4v) is 3.85. The minimum Gasteiger partial charge on any atom is -0.410 e. The lowest BCUT2D eigenvalue weighted by Crippen LogP contribution is -2.13. The second kappa shape index (κ2) is 6.26. The zero-order valence-corrected chi connectivity index (χ0v) is 14.4. The number of rotatable bonds is 5. The van der Waals surface area contributed by atoms with Gasteiger partial charge in [0.1, 0.15) is 0 Å². The number of carbonyl (C=O) groups excluding carboxylic acids is 1. The first-order valence-corrected chi connectivity index (χ1v) is 9.12. The quantitative estimate of drug-likeness (QED) is 0.417. The molecule has 7 heteroatoms. The number of fused-ring (bicyclic) bond motifs is 1. The van der Waals surface area contributed by atoms with Gasteiger partial charge in [-0.15, -0.1) is 21.5 Å². The van der Waals surface area contributed by atoms with Crippen molar-refractivity contribution >= 4 is 39.8 Å². The molecule has 0 radical (unpaired) electrons. The lowest BCUT2D eigenvalue weighted by atomic mass is 10.1. The normalized spacial score (nSPS) is 12.5. The number of benzene rings is 1. The maximum atomic E-state index is 12.7. The van der Waals surface area contributed by atoms with Gasteiger partial charge in [0.25, 0.3) is 11.1 Å². The van der Waals surface area contributed by atoms with Gasteiger partial charge in [-0.05, 0) is 24.4 Å². The minimum absolute atomic E-state index is 0.0355. The van der Waals surface area contributed by atoms with E-state index < -0.39 is 0 Å². The molecule has 4 aromatic rings. The van der Waals surface area contributed by atoms with Gasteiger partial charge < -0.3 is 9.40 Å². The standard InChI is InChI=1S/C17H13N3O2S2/c1-10(15(21)12-9-18-13-6-3-2-5-11(12)13)24-17-20-19-16(22-17)14-7-4-8-23-14/h2-10,18H,1H3/t10-/m1/s1. The molecule has 3 aromatic heterocycles. The van der Waals surface area contributed by atoms with Gasteiger partial charge in [-0.1, -0.05) is 36.0 Å². The Morgan fingerprint density at radius 3 is 2.96 bits per heavy atom. The molecule has 0 aliphatic heterocycles. The maximum Gasteiger partial charge on any atom is 0.277 e. The molecule has 0 aliphatic carbocycles. The molecule has 4 rings (SSSR count). The van der Waals surface area contributed by atoms with Crippen molar-refractivity contribution in [3.8, 4) is 10.8 Å². The van der Waals surface area contributed by atoms with E-state index in [0.717, 1.165) is 15.8 Å². The van der Waals surface area contributed by atoms with Crippen molar-refractivity contribution in [2.75, 3.05) is 0 Å². The van der Waals surface area contributed by atoms with Crippen molar-refractivity contribution in [3.63, 3.8) is 0 Å². The van der Waals surface area contributed by atoms with Crippen LogP contribution >= 0.6 is 23.1 Å². The summed E-state index contributed by atoms with van der Waals surface area (Å²) < 4.78 is 5.64. The summed E-state index contributed by atoms with van der Waals surface area (Å²) in [5.74, 6) is 0.521. The molecule has 1 atom stereocenters. The number of hydrogen-bond acceptors (Lipinski definition) is 6. The summed E-state index contributed by atoms with van der Waals surface area (Å²) in [5, 5.41) is 11.0. The first-order chi connectivity index (χ1) is 11.7. The van der Waals surface area contributed by atoms with Gasteiger partial charge in [-0.25, -0.2) is 0 Å². The maximum absolute atomic E-state index is 12.7. The third-order valence-electron chi connectivity index (χ3n) is 3.64. The van der Waals surface area contributed by atoms with Crippen LogP contribution in [-0.2, 0) is 0 Å². The van der Waals surface area contributed by atoms with Crippen LogP contribution in [0.25, 0.3) is 21.7 Å². The van der Waals surface area contributed by atoms with Crippen molar-refractivity contribution in [1.29, 1.82) is 0 Å². The largest absolute Gasteiger partial charge is 0.410 e. The molecule has 0 unspecified atom stereocenters. The smallest absolute Gasteiger partial charge is 0.277 e. The van der Waals surface area contributed by atoms with Gasteiger partial charge >= 0.3 is 0 Å². The Morgan fingerprint density at radius 1 is 1.25 bits per heavy atom. The van der Waals surface area contributed by atoms with Crippen LogP contribution in [0, 0.1) is 0 Å². The SMILES string of the molecule is C[C@@H](Sc1nnc(-c2cccs2)o1)C(=O)c1c[nH]c2ccccc12. The van der Waals surface area contributed by atoms with Crippen molar-refractivity contribution in [2.45, 2.75) is 17.4 Å². The van der Waals surface area contributed by atoms with E-state index >= 15 is 0 Å². The van der Waals surface area contributed by atoms with Crippen LogP contribution in [0.4, 0.5) is 0 Å². The fourth-order valence-electron chi connectivity index (χ4n) is 2.46. The number of thiophene rings is 1. The average molecular weight is 355 g/mol. The van der Waals surface area contributed by atoms with E-state index in [0.29, 0.717) is 16.7 Å². The van der Waals surface area contributed by atoms with Crippen molar-refractivity contribution in [3.05, 3.63) is 53.5 Å². The molecule has 1 N–H and O–H groups in total. The molecule has 0 spiro atoms. The zero-order valence-electron chi connectivity index (χ0n) is 12.7. The summed E-state index contributed by atoms with van der Waals surface area (Å²) in [4.78, 5) is 16.8. The Balaban J connectivity index is 1.54. The molecule has 1 aromatic carbocycles. The predicted octanol–water partition coefficient (Wildman–Crippen LogP) is 4.64. The highest BCUT2D eigenvalue weighted by Gasteiger charge is 2.22. The van der Waals surface area contributed by atoms with Crippen LogP contribution in [0.3, 0.4) is 0 Å². The van der Waals surface area contributed by atoms with Gasteiger partial charge in [-0.3, -0.25) is 4.79 Å². The Bertz CT molecular complexity index is 988. The van der Waals surface area contributed by atoms with Crippen molar-refractivity contribution in [2.24, 2.45) is 0 Å². The van der Waals surface area contributed by atoms with E-state index in [4.69, 9.17) is 4.42 Å². The van der Waals surface area contributed by atoms with Gasteiger partial charge in [0, 0.05) is 22.7 Å². The molecule has 120 valence electrons. The highest BCUT2D eigenvalue weighted by Crippen LogP contribution is 2.30. The lowest BCUT2D eigenvalue weighted by Gasteiger charge is -2.06. The second-order valence-corrected chi connectivity index (χ2v) is 7.46. The first-order valence-electron chi connectivity index (χ1n) is 7.37. The van der Waals surface area contributed by atoms with Gasteiger partial charge in [0.15, 0.2) is 5.78 Å². The Labute approximate surface area is 146 Å². The van der Waals surface area contributed by atoms with E-state index in [2.05, 4.69) is 15.2 Å². The van der Waals surface area contributed by atoms with Crippen LogP contribution in [0.15, 0.2) is 57.6 Å². The highest BCUT2D eigenvalue weighted by molar-refractivity contribution is 8.00. The zero-order chi connectivity index (χ0) is 16.5. The van der Waals surface area contributed by atoms with Crippen LogP contribution in [0.1, 0.15) is 17.3 Å². The lowest BCUT2D eigenvalue weighted by molar-refractivity contribution is 0.0995. The van der Waals surface area contributed by atoms with Crippen LogP contribution in [0.2, 0.25) is 0 Å². The molecular weight excluding hydrogens is 342 g/mol. The molecule has 3 heterocycles. The van der Waals surface area contributed by atoms with Crippen LogP contribution in [0.5, 0.6) is 0 Å². The minimum atomic E-state index is -0.319. The monoisotopic (exact) mass is 355 g/mol. The molecule has 0 bridgehead atoms. The molecule has 0 aliphatic rings. The summed E-state index contributed by atoms with van der Waals surface area (Å²) in [5.41, 5.74) is 1.64. The molecule has 0 saturated carbocycles. The molecular formula is C17H13N3O2S2. The number of H-pyrrole nitrogens is 1. The number of nitrogens with one attached hydrogen (secondary N) is 1. The average Bonchev–Trinajstić information content (AvgIpc) is 3.33. The van der Waals surface area contributed by atoms with Gasteiger partial charge in [-0.2, -0.15) is 0 Å². The summed E-state index contributed by atoms with van der Waals surface area (Å²) in [6.45, 7) is 1.85. The number of thioether (sulfide) groups is 1. The third kappa shape index (κ3) is 2.76. The van der Waals surface area contributed by atoms with E-state index in [-0.39, 0.29) is 11.0 Å². The number of hydrogen-bond donors (Lipinski definition) is 1. The van der Waals surface area contributed by atoms with Crippen LogP contribution in [-0.4, -0.2) is 26.2 Å². The summed E-state index contributed by atoms with van der Waals surface area (Å²) in [6.07, 6.45) is 1.76. The van der Waals surface area contributed by atoms with E-state index in [1.54, 1.807) is 6.20 Å². The molecule has 24 heavy (non-hydrogen) atoms. The Hall–Kier alpha value is -2.38. The number of ketones is 1. The van der Waals surface area contributed by atoms with Crippen LogP contribution < -0.4 is 0 Å². The molecule has 0 saturated heterocycles. The van der Waals surface area contributed by atoms with Gasteiger partial charge in [0.2, 0.25) is 0 Å². The van der Waals surface area contributed by atoms with E-state index in [1.807, 2.05) is 48.7 Å².